The van der Waals surface area contributed by atoms with Crippen LogP contribution in [0.5, 0.6) is 0 Å². The summed E-state index contributed by atoms with van der Waals surface area (Å²) in [5, 5.41) is 2.99. The topological polar surface area (TPSA) is 75.3 Å². The van der Waals surface area contributed by atoms with Crippen LogP contribution in [0.2, 0.25) is 0 Å². The number of halogens is 1. The van der Waals surface area contributed by atoms with Gasteiger partial charge in [-0.25, -0.2) is 12.8 Å². The predicted molar refractivity (Wildman–Crippen MR) is 133 cm³/mol. The third-order valence-electron chi connectivity index (χ3n) is 5.76. The van der Waals surface area contributed by atoms with E-state index in [2.05, 4.69) is 55.9 Å². The molecule has 0 saturated heterocycles. The first-order chi connectivity index (χ1) is 15.3. The molecule has 0 fully saturated rings. The minimum absolute atomic E-state index is 0.0536. The fourth-order valence-corrected chi connectivity index (χ4v) is 4.20. The fraction of sp³-hybridized carbons (Fsp3) is 0.500. The Morgan fingerprint density at radius 3 is 2.33 bits per heavy atom. The van der Waals surface area contributed by atoms with Gasteiger partial charge >= 0.3 is 0 Å². The van der Waals surface area contributed by atoms with Crippen LogP contribution in [0.4, 0.5) is 10.1 Å². The number of carbonyl (C=O) groups is 1. The minimum atomic E-state index is -3.58. The number of sulfonamides is 1. The summed E-state index contributed by atoms with van der Waals surface area (Å²) in [6.45, 7) is 10.9. The zero-order chi connectivity index (χ0) is 24.8. The van der Waals surface area contributed by atoms with Crippen LogP contribution in [0.15, 0.2) is 36.4 Å². The quantitative estimate of drug-likeness (QED) is 0.435. The summed E-state index contributed by atoms with van der Waals surface area (Å²) < 4.78 is 39.1. The molecular formula is C26H37FN2O3S. The van der Waals surface area contributed by atoms with Crippen molar-refractivity contribution in [1.29, 1.82) is 0 Å². The van der Waals surface area contributed by atoms with Gasteiger partial charge in [0.2, 0.25) is 15.9 Å². The highest BCUT2D eigenvalue weighted by Gasteiger charge is 2.19. The standard InChI is InChI=1S/C26H37FN2O3S/c1-7-8-9-10-20-15-22(26(3,4)5)13-11-21(20)17-28-25(30)18(2)19-12-14-24(23(27)16-19)29-33(6,31)32/h11-16,18,29H,7-10,17H2,1-6H3,(H,28,30). The van der Waals surface area contributed by atoms with Gasteiger partial charge in [-0.2, -0.15) is 0 Å². The van der Waals surface area contributed by atoms with Crippen molar-refractivity contribution in [3.8, 4) is 0 Å². The average molecular weight is 477 g/mol. The molecule has 0 spiro atoms. The van der Waals surface area contributed by atoms with Gasteiger partial charge in [0.25, 0.3) is 0 Å². The number of carbonyl (C=O) groups excluding carboxylic acids is 1. The molecule has 0 aromatic heterocycles. The Morgan fingerprint density at radius 1 is 1.06 bits per heavy atom. The van der Waals surface area contributed by atoms with Crippen molar-refractivity contribution >= 4 is 21.6 Å². The van der Waals surface area contributed by atoms with Crippen molar-refractivity contribution in [2.45, 2.75) is 78.2 Å². The van der Waals surface area contributed by atoms with E-state index >= 15 is 0 Å². The van der Waals surface area contributed by atoms with Crippen molar-refractivity contribution in [2.24, 2.45) is 0 Å². The number of aryl methyl sites for hydroxylation is 1. The molecular weight excluding hydrogens is 439 g/mol. The second-order valence-corrected chi connectivity index (χ2v) is 11.5. The molecule has 5 nitrogen and oxygen atoms in total. The fourth-order valence-electron chi connectivity index (χ4n) is 3.63. The molecule has 2 N–H and O–H groups in total. The van der Waals surface area contributed by atoms with Crippen LogP contribution in [0, 0.1) is 5.82 Å². The molecule has 1 unspecified atom stereocenters. The van der Waals surface area contributed by atoms with Gasteiger partial charge in [0.1, 0.15) is 5.82 Å². The van der Waals surface area contributed by atoms with E-state index in [9.17, 15) is 17.6 Å². The molecule has 0 saturated carbocycles. The normalized spacial score (nSPS) is 12.9. The molecule has 0 aliphatic heterocycles. The van der Waals surface area contributed by atoms with Gasteiger partial charge in [0, 0.05) is 6.54 Å². The maximum atomic E-state index is 14.3. The van der Waals surface area contributed by atoms with E-state index < -0.39 is 21.8 Å². The molecule has 0 aliphatic rings. The molecule has 0 radical (unpaired) electrons. The molecule has 0 heterocycles. The second kappa shape index (κ2) is 11.1. The molecule has 182 valence electrons. The molecule has 2 rings (SSSR count). The first-order valence-electron chi connectivity index (χ1n) is 11.5. The van der Waals surface area contributed by atoms with Gasteiger partial charge in [-0.1, -0.05) is 64.8 Å². The zero-order valence-electron chi connectivity index (χ0n) is 20.6. The van der Waals surface area contributed by atoms with Crippen LogP contribution in [0.25, 0.3) is 0 Å². The highest BCUT2D eigenvalue weighted by atomic mass is 32.2. The Morgan fingerprint density at radius 2 is 1.76 bits per heavy atom. The van der Waals surface area contributed by atoms with Crippen molar-refractivity contribution in [2.75, 3.05) is 11.0 Å². The molecule has 33 heavy (non-hydrogen) atoms. The predicted octanol–water partition coefficient (Wildman–Crippen LogP) is 5.65. The second-order valence-electron chi connectivity index (χ2n) is 9.74. The van der Waals surface area contributed by atoms with Crippen molar-refractivity contribution in [3.63, 3.8) is 0 Å². The number of benzene rings is 2. The van der Waals surface area contributed by atoms with E-state index in [0.29, 0.717) is 12.1 Å². The molecule has 2 aromatic rings. The summed E-state index contributed by atoms with van der Waals surface area (Å²) in [6, 6.07) is 10.6. The molecule has 1 amide bonds. The maximum absolute atomic E-state index is 14.3. The highest BCUT2D eigenvalue weighted by Crippen LogP contribution is 2.26. The Labute approximate surface area is 198 Å². The third kappa shape index (κ3) is 8.14. The number of hydrogen-bond acceptors (Lipinski definition) is 3. The van der Waals surface area contributed by atoms with Crippen molar-refractivity contribution in [1.82, 2.24) is 5.32 Å². The smallest absolute Gasteiger partial charge is 0.229 e. The largest absolute Gasteiger partial charge is 0.351 e. The van der Waals surface area contributed by atoms with Crippen LogP contribution in [-0.2, 0) is 33.2 Å². The zero-order valence-corrected chi connectivity index (χ0v) is 21.4. The van der Waals surface area contributed by atoms with Gasteiger partial charge in [-0.15, -0.1) is 0 Å². The molecule has 0 aliphatic carbocycles. The first kappa shape index (κ1) is 26.8. The van der Waals surface area contributed by atoms with E-state index in [4.69, 9.17) is 0 Å². The van der Waals surface area contributed by atoms with E-state index in [1.54, 1.807) is 13.0 Å². The summed E-state index contributed by atoms with van der Waals surface area (Å²) in [7, 11) is -3.58. The Kier molecular flexibility index (Phi) is 9.06. The van der Waals surface area contributed by atoms with Crippen LogP contribution >= 0.6 is 0 Å². The molecule has 0 bridgehead atoms. The molecule has 7 heteroatoms. The number of hydrogen-bond donors (Lipinski definition) is 2. The summed E-state index contributed by atoms with van der Waals surface area (Å²) in [5.41, 5.74) is 4.03. The lowest BCUT2D eigenvalue weighted by molar-refractivity contribution is -0.122. The number of unbranched alkanes of at least 4 members (excludes halogenated alkanes) is 2. The van der Waals surface area contributed by atoms with Crippen LogP contribution < -0.4 is 10.0 Å². The summed E-state index contributed by atoms with van der Waals surface area (Å²) in [4.78, 5) is 12.8. The van der Waals surface area contributed by atoms with Gasteiger partial charge < -0.3 is 5.32 Å². The average Bonchev–Trinajstić information content (AvgIpc) is 2.72. The number of nitrogens with one attached hydrogen (secondary N) is 2. The van der Waals surface area contributed by atoms with Crippen LogP contribution in [0.3, 0.4) is 0 Å². The van der Waals surface area contributed by atoms with Crippen molar-refractivity contribution in [3.05, 3.63) is 64.5 Å². The molecule has 2 aromatic carbocycles. The summed E-state index contributed by atoms with van der Waals surface area (Å²) in [6.07, 6.45) is 5.35. The monoisotopic (exact) mass is 476 g/mol. The van der Waals surface area contributed by atoms with E-state index in [1.165, 1.54) is 29.7 Å². The third-order valence-corrected chi connectivity index (χ3v) is 6.35. The van der Waals surface area contributed by atoms with Crippen LogP contribution in [0.1, 0.15) is 82.1 Å². The van der Waals surface area contributed by atoms with Gasteiger partial charge in [0.05, 0.1) is 17.9 Å². The van der Waals surface area contributed by atoms with Gasteiger partial charge in [-0.05, 0) is 59.6 Å². The first-order valence-corrected chi connectivity index (χ1v) is 13.4. The summed E-state index contributed by atoms with van der Waals surface area (Å²) in [5.74, 6) is -1.50. The number of amides is 1. The lowest BCUT2D eigenvalue weighted by Gasteiger charge is -2.22. The Hall–Kier alpha value is -2.41. The highest BCUT2D eigenvalue weighted by molar-refractivity contribution is 7.92. The van der Waals surface area contributed by atoms with Crippen LogP contribution in [-0.4, -0.2) is 20.6 Å². The lowest BCUT2D eigenvalue weighted by Crippen LogP contribution is -2.28. The number of rotatable bonds is 10. The Balaban J connectivity index is 2.13. The Bertz CT molecular complexity index is 1080. The maximum Gasteiger partial charge on any atom is 0.229 e. The van der Waals surface area contributed by atoms with E-state index in [1.807, 2.05) is 0 Å². The minimum Gasteiger partial charge on any atom is -0.351 e. The summed E-state index contributed by atoms with van der Waals surface area (Å²) >= 11 is 0. The van der Waals surface area contributed by atoms with E-state index in [-0.39, 0.29) is 17.0 Å². The lowest BCUT2D eigenvalue weighted by atomic mass is 9.84. The molecule has 1 atom stereocenters. The van der Waals surface area contributed by atoms with Crippen molar-refractivity contribution < 1.29 is 17.6 Å². The number of anilines is 1. The van der Waals surface area contributed by atoms with Gasteiger partial charge in [0.15, 0.2) is 0 Å². The van der Waals surface area contributed by atoms with Gasteiger partial charge in [-0.3, -0.25) is 9.52 Å². The SMILES string of the molecule is CCCCCc1cc(C(C)(C)C)ccc1CNC(=O)C(C)c1ccc(NS(C)(=O)=O)c(F)c1. The van der Waals surface area contributed by atoms with E-state index in [0.717, 1.165) is 31.1 Å².